The zero-order chi connectivity index (χ0) is 24.1. The van der Waals surface area contributed by atoms with Gasteiger partial charge in [0.2, 0.25) is 0 Å². The molecule has 0 atom stereocenters. The molecule has 172 valence electrons. The summed E-state index contributed by atoms with van der Waals surface area (Å²) in [5.41, 5.74) is 6.26. The third kappa shape index (κ3) is 2.48. The van der Waals surface area contributed by atoms with Crippen LogP contribution in [-0.4, -0.2) is 9.55 Å². The summed E-state index contributed by atoms with van der Waals surface area (Å²) in [4.78, 5) is 6.18. The van der Waals surface area contributed by atoms with E-state index in [1.165, 1.54) is 31.8 Å². The lowest BCUT2D eigenvalue weighted by Crippen LogP contribution is -1.98. The maximum Gasteiger partial charge on any atom is 0.160 e. The topological polar surface area (TPSA) is 31.0 Å². The third-order valence-corrected chi connectivity index (χ3v) is 8.66. The van der Waals surface area contributed by atoms with Crippen molar-refractivity contribution >= 4 is 86.3 Å². The van der Waals surface area contributed by atoms with Crippen molar-refractivity contribution in [2.45, 2.75) is 0 Å². The van der Waals surface area contributed by atoms with Gasteiger partial charge in [-0.05, 0) is 30.3 Å². The Kier molecular flexibility index (Phi) is 3.67. The first-order valence-electron chi connectivity index (χ1n) is 12.4. The number of nitrogens with zero attached hydrogens (tertiary/aromatic N) is 2. The lowest BCUT2D eigenvalue weighted by Gasteiger charge is -2.13. The monoisotopic (exact) mass is 490 g/mol. The molecule has 4 aromatic heterocycles. The van der Waals surface area contributed by atoms with Gasteiger partial charge < -0.3 is 8.98 Å². The van der Waals surface area contributed by atoms with Crippen molar-refractivity contribution in [3.05, 3.63) is 109 Å². The molecular formula is C33H18N2OS. The highest BCUT2D eigenvalue weighted by molar-refractivity contribution is 7.25. The Morgan fingerprint density at radius 1 is 0.595 bits per heavy atom. The average Bonchev–Trinajstić information content (AvgIpc) is 3.61. The van der Waals surface area contributed by atoms with Crippen molar-refractivity contribution in [3.63, 3.8) is 0 Å². The van der Waals surface area contributed by atoms with Crippen LogP contribution in [0.15, 0.2) is 114 Å². The number of benzene rings is 5. The van der Waals surface area contributed by atoms with Crippen molar-refractivity contribution in [2.24, 2.45) is 0 Å². The van der Waals surface area contributed by atoms with Gasteiger partial charge in [0.15, 0.2) is 5.58 Å². The summed E-state index contributed by atoms with van der Waals surface area (Å²) < 4.78 is 10.3. The molecule has 0 unspecified atom stereocenters. The van der Waals surface area contributed by atoms with E-state index in [1.807, 2.05) is 6.07 Å². The first-order chi connectivity index (χ1) is 18.4. The second-order valence-corrected chi connectivity index (χ2v) is 10.6. The molecule has 0 fully saturated rings. The van der Waals surface area contributed by atoms with Crippen LogP contribution >= 0.6 is 11.3 Å². The number of hydrogen-bond acceptors (Lipinski definition) is 3. The van der Waals surface area contributed by atoms with Gasteiger partial charge in [-0.25, -0.2) is 4.98 Å². The van der Waals surface area contributed by atoms with Gasteiger partial charge in [-0.2, -0.15) is 0 Å². The fourth-order valence-electron chi connectivity index (χ4n) is 6.05. The van der Waals surface area contributed by atoms with Crippen LogP contribution in [0.3, 0.4) is 0 Å². The van der Waals surface area contributed by atoms with Crippen molar-refractivity contribution in [1.29, 1.82) is 0 Å². The summed E-state index contributed by atoms with van der Waals surface area (Å²) >= 11 is 1.76. The Bertz CT molecular complexity index is 2370. The van der Waals surface area contributed by atoms with Gasteiger partial charge >= 0.3 is 0 Å². The molecular weight excluding hydrogens is 472 g/mol. The molecule has 0 aliphatic rings. The van der Waals surface area contributed by atoms with E-state index in [2.05, 4.69) is 108 Å². The fourth-order valence-corrected chi connectivity index (χ4v) is 7.14. The highest BCUT2D eigenvalue weighted by Gasteiger charge is 2.23. The molecule has 0 saturated heterocycles. The number of furan rings is 1. The summed E-state index contributed by atoms with van der Waals surface area (Å²) in [5.74, 6) is 0. The molecule has 0 aliphatic heterocycles. The fraction of sp³-hybridized carbons (Fsp3) is 0. The van der Waals surface area contributed by atoms with Crippen molar-refractivity contribution < 1.29 is 4.42 Å². The van der Waals surface area contributed by atoms with E-state index in [0.717, 1.165) is 48.9 Å². The molecule has 0 saturated carbocycles. The molecule has 0 aliphatic carbocycles. The third-order valence-electron chi connectivity index (χ3n) is 7.60. The maximum atomic E-state index is 6.62. The highest BCUT2D eigenvalue weighted by atomic mass is 32.1. The number of hydrogen-bond donors (Lipinski definition) is 0. The van der Waals surface area contributed by atoms with Gasteiger partial charge in [0.1, 0.15) is 10.4 Å². The Hall–Kier alpha value is -4.67. The van der Waals surface area contributed by atoms with Crippen molar-refractivity contribution in [2.75, 3.05) is 0 Å². The minimum atomic E-state index is 0.910. The van der Waals surface area contributed by atoms with Crippen LogP contribution in [0.2, 0.25) is 0 Å². The molecule has 9 rings (SSSR count). The highest BCUT2D eigenvalue weighted by Crippen LogP contribution is 2.45. The van der Waals surface area contributed by atoms with E-state index in [9.17, 15) is 0 Å². The summed E-state index contributed by atoms with van der Waals surface area (Å²) in [6.07, 6.45) is 0. The zero-order valence-corrected chi connectivity index (χ0v) is 20.4. The van der Waals surface area contributed by atoms with Crippen LogP contribution in [0, 0.1) is 0 Å². The minimum Gasteiger partial charge on any atom is -0.454 e. The van der Waals surface area contributed by atoms with Crippen molar-refractivity contribution in [3.8, 4) is 5.69 Å². The molecule has 0 amide bonds. The molecule has 5 aromatic carbocycles. The molecule has 37 heavy (non-hydrogen) atoms. The molecule has 4 heteroatoms. The van der Waals surface area contributed by atoms with Gasteiger partial charge in [-0.1, -0.05) is 78.9 Å². The number of rotatable bonds is 1. The van der Waals surface area contributed by atoms with E-state index in [4.69, 9.17) is 9.40 Å². The van der Waals surface area contributed by atoms with Gasteiger partial charge in [-0.3, -0.25) is 0 Å². The van der Waals surface area contributed by atoms with E-state index in [1.54, 1.807) is 11.3 Å². The summed E-state index contributed by atoms with van der Waals surface area (Å²) in [5, 5.41) is 8.24. The van der Waals surface area contributed by atoms with Crippen LogP contribution in [-0.2, 0) is 0 Å². The Balaban J connectivity index is 1.62. The number of para-hydroxylation sites is 3. The van der Waals surface area contributed by atoms with Crippen LogP contribution in [0.1, 0.15) is 0 Å². The van der Waals surface area contributed by atoms with Crippen LogP contribution in [0.25, 0.3) is 80.6 Å². The van der Waals surface area contributed by atoms with Gasteiger partial charge in [0.05, 0.1) is 22.2 Å². The lowest BCUT2D eigenvalue weighted by atomic mass is 10.1. The molecule has 0 spiro atoms. The number of fused-ring (bicyclic) bond motifs is 11. The Morgan fingerprint density at radius 2 is 1.30 bits per heavy atom. The first-order valence-corrected chi connectivity index (χ1v) is 13.2. The predicted octanol–water partition coefficient (Wildman–Crippen LogP) is 9.60. The van der Waals surface area contributed by atoms with E-state index in [0.29, 0.717) is 0 Å². The zero-order valence-electron chi connectivity index (χ0n) is 19.6. The van der Waals surface area contributed by atoms with Crippen molar-refractivity contribution in [1.82, 2.24) is 9.55 Å². The van der Waals surface area contributed by atoms with Gasteiger partial charge in [-0.15, -0.1) is 11.3 Å². The van der Waals surface area contributed by atoms with Crippen LogP contribution in [0.5, 0.6) is 0 Å². The van der Waals surface area contributed by atoms with E-state index >= 15 is 0 Å². The standard InChI is InChI=1S/C33H18N2OS/c1-5-13-25-23(11-1)30(29-24-12-4-8-16-28(24)37-33(29)34-25)35-26-14-6-2-9-19(26)21-17-18-22-20-10-3-7-15-27(20)36-32(22)31(21)35/h1-18H. The minimum absolute atomic E-state index is 0.910. The first kappa shape index (κ1) is 19.5. The molecule has 9 aromatic rings. The summed E-state index contributed by atoms with van der Waals surface area (Å²) in [7, 11) is 0. The summed E-state index contributed by atoms with van der Waals surface area (Å²) in [6, 6.07) is 38.6. The summed E-state index contributed by atoms with van der Waals surface area (Å²) in [6.45, 7) is 0. The quantitative estimate of drug-likeness (QED) is 0.229. The molecule has 0 N–H and O–H groups in total. The molecule has 0 radical (unpaired) electrons. The lowest BCUT2D eigenvalue weighted by molar-refractivity contribution is 0.671. The van der Waals surface area contributed by atoms with Crippen LogP contribution < -0.4 is 0 Å². The molecule has 0 bridgehead atoms. The number of aromatic nitrogens is 2. The van der Waals surface area contributed by atoms with Crippen LogP contribution in [0.4, 0.5) is 0 Å². The van der Waals surface area contributed by atoms with E-state index < -0.39 is 0 Å². The molecule has 4 heterocycles. The number of thiophene rings is 1. The second kappa shape index (κ2) is 6.96. The maximum absolute atomic E-state index is 6.62. The van der Waals surface area contributed by atoms with Gasteiger partial charge in [0.25, 0.3) is 0 Å². The normalized spacial score (nSPS) is 12.3. The Labute approximate surface area is 214 Å². The smallest absolute Gasteiger partial charge is 0.160 e. The largest absolute Gasteiger partial charge is 0.454 e. The second-order valence-electron chi connectivity index (χ2n) is 9.55. The number of pyridine rings is 1. The SMILES string of the molecule is c1ccc2c(-n3c4ccccc4c4ccc5c6ccccc6oc5c43)c3c(nc2c1)sc1ccccc13. The van der Waals surface area contributed by atoms with Gasteiger partial charge in [0, 0.05) is 42.4 Å². The average molecular weight is 491 g/mol. The molecule has 3 nitrogen and oxygen atoms in total. The Morgan fingerprint density at radius 3 is 2.22 bits per heavy atom. The van der Waals surface area contributed by atoms with E-state index in [-0.39, 0.29) is 0 Å². The predicted molar refractivity (Wildman–Crippen MR) is 156 cm³/mol.